The SMILES string of the molecule is SC1=Cc2ccc(Nc3nc(Nc4cccc5ccccc45)nc(Nc4cccc5ccccc45)n3)cc2C1. The van der Waals surface area contributed by atoms with Gasteiger partial charge in [-0.2, -0.15) is 15.0 Å². The molecule has 3 N–H and O–H groups in total. The molecular weight excluding hydrogens is 500 g/mol. The summed E-state index contributed by atoms with van der Waals surface area (Å²) in [7, 11) is 0. The summed E-state index contributed by atoms with van der Waals surface area (Å²) in [6.07, 6.45) is 2.93. The van der Waals surface area contributed by atoms with Crippen molar-refractivity contribution in [2.45, 2.75) is 6.42 Å². The maximum atomic E-state index is 4.74. The fourth-order valence-electron chi connectivity index (χ4n) is 4.99. The highest BCUT2D eigenvalue weighted by atomic mass is 32.1. The van der Waals surface area contributed by atoms with E-state index >= 15 is 0 Å². The Kier molecular flexibility index (Phi) is 5.83. The van der Waals surface area contributed by atoms with Crippen LogP contribution in [0.2, 0.25) is 0 Å². The van der Waals surface area contributed by atoms with E-state index in [-0.39, 0.29) is 0 Å². The lowest BCUT2D eigenvalue weighted by Crippen LogP contribution is -2.08. The van der Waals surface area contributed by atoms with Gasteiger partial charge in [0.05, 0.1) is 0 Å². The Morgan fingerprint density at radius 1 is 0.564 bits per heavy atom. The number of thiol groups is 1. The molecule has 6 nitrogen and oxygen atoms in total. The summed E-state index contributed by atoms with van der Waals surface area (Å²) in [4.78, 5) is 15.3. The van der Waals surface area contributed by atoms with Gasteiger partial charge in [0.25, 0.3) is 0 Å². The molecule has 1 aliphatic carbocycles. The smallest absolute Gasteiger partial charge is 0.233 e. The van der Waals surface area contributed by atoms with Crippen LogP contribution in [-0.2, 0) is 6.42 Å². The third kappa shape index (κ3) is 4.76. The van der Waals surface area contributed by atoms with Crippen molar-refractivity contribution in [3.63, 3.8) is 0 Å². The maximum Gasteiger partial charge on any atom is 0.233 e. The molecule has 1 heterocycles. The minimum atomic E-state index is 0.437. The van der Waals surface area contributed by atoms with Crippen LogP contribution in [0.25, 0.3) is 27.6 Å². The molecule has 0 fully saturated rings. The minimum Gasteiger partial charge on any atom is -0.324 e. The van der Waals surface area contributed by atoms with Crippen molar-refractivity contribution in [3.05, 3.63) is 119 Å². The summed E-state index contributed by atoms with van der Waals surface area (Å²) in [5.41, 5.74) is 5.17. The summed E-state index contributed by atoms with van der Waals surface area (Å²) < 4.78 is 0. The number of benzene rings is 5. The van der Waals surface area contributed by atoms with E-state index in [1.54, 1.807) is 0 Å². The van der Waals surface area contributed by atoms with Crippen LogP contribution in [-0.4, -0.2) is 15.0 Å². The lowest BCUT2D eigenvalue weighted by Gasteiger charge is -2.14. The van der Waals surface area contributed by atoms with E-state index in [0.717, 1.165) is 49.9 Å². The zero-order valence-electron chi connectivity index (χ0n) is 20.9. The second-order valence-corrected chi connectivity index (χ2v) is 10.0. The zero-order valence-corrected chi connectivity index (χ0v) is 21.8. The number of anilines is 6. The largest absolute Gasteiger partial charge is 0.324 e. The standard InChI is InChI=1S/C32H24N6S/c39-25-18-22-15-16-24(17-23(22)19-25)33-30-36-31(34-28-13-5-9-20-7-1-3-11-26(20)28)38-32(37-30)35-29-14-6-10-21-8-2-4-12-27(21)29/h1-18,39H,19H2,(H3,33,34,35,36,37,38). The van der Waals surface area contributed by atoms with Crippen LogP contribution in [0.3, 0.4) is 0 Å². The van der Waals surface area contributed by atoms with Gasteiger partial charge in [-0.15, -0.1) is 12.6 Å². The first-order valence-electron chi connectivity index (χ1n) is 12.7. The van der Waals surface area contributed by atoms with Gasteiger partial charge in [-0.05, 0) is 57.1 Å². The first-order chi connectivity index (χ1) is 19.2. The summed E-state index contributed by atoms with van der Waals surface area (Å²) in [6, 6.07) is 35.0. The van der Waals surface area contributed by atoms with Crippen LogP contribution in [0.5, 0.6) is 0 Å². The molecule has 0 saturated heterocycles. The molecule has 0 radical (unpaired) electrons. The molecule has 0 amide bonds. The van der Waals surface area contributed by atoms with Crippen molar-refractivity contribution < 1.29 is 0 Å². The summed E-state index contributed by atoms with van der Waals surface area (Å²) in [6.45, 7) is 0. The van der Waals surface area contributed by atoms with Gasteiger partial charge in [-0.3, -0.25) is 0 Å². The third-order valence-electron chi connectivity index (χ3n) is 6.80. The van der Waals surface area contributed by atoms with Gasteiger partial charge in [-0.1, -0.05) is 78.9 Å². The summed E-state index contributed by atoms with van der Waals surface area (Å²) in [5.74, 6) is 1.31. The Balaban J connectivity index is 1.27. The molecule has 5 aromatic carbocycles. The first-order valence-corrected chi connectivity index (χ1v) is 13.2. The van der Waals surface area contributed by atoms with E-state index in [1.807, 2.05) is 54.6 Å². The lowest BCUT2D eigenvalue weighted by molar-refractivity contribution is 1.07. The van der Waals surface area contributed by atoms with E-state index < -0.39 is 0 Å². The van der Waals surface area contributed by atoms with Crippen molar-refractivity contribution in [1.29, 1.82) is 0 Å². The molecule has 0 bridgehead atoms. The van der Waals surface area contributed by atoms with E-state index in [1.165, 1.54) is 11.1 Å². The fraction of sp³-hybridized carbons (Fsp3) is 0.0312. The van der Waals surface area contributed by atoms with Gasteiger partial charge in [0, 0.05) is 34.3 Å². The molecule has 0 saturated carbocycles. The number of aromatic nitrogens is 3. The normalized spacial score (nSPS) is 12.3. The molecule has 6 aromatic rings. The van der Waals surface area contributed by atoms with Crippen molar-refractivity contribution in [3.8, 4) is 0 Å². The van der Waals surface area contributed by atoms with Crippen LogP contribution in [0.1, 0.15) is 11.1 Å². The molecule has 39 heavy (non-hydrogen) atoms. The number of allylic oxidation sites excluding steroid dienone is 1. The molecule has 0 aliphatic heterocycles. The van der Waals surface area contributed by atoms with Gasteiger partial charge in [0.15, 0.2) is 0 Å². The summed E-state index contributed by atoms with van der Waals surface area (Å²) in [5, 5.41) is 14.7. The molecule has 0 spiro atoms. The Bertz CT molecular complexity index is 1790. The Morgan fingerprint density at radius 3 is 1.72 bits per heavy atom. The van der Waals surface area contributed by atoms with Crippen LogP contribution in [0.4, 0.5) is 34.9 Å². The fourth-order valence-corrected chi connectivity index (χ4v) is 5.29. The van der Waals surface area contributed by atoms with Gasteiger partial charge in [0.2, 0.25) is 17.8 Å². The second-order valence-electron chi connectivity index (χ2n) is 9.46. The number of hydrogen-bond donors (Lipinski definition) is 4. The van der Waals surface area contributed by atoms with Crippen molar-refractivity contribution in [1.82, 2.24) is 15.0 Å². The van der Waals surface area contributed by atoms with Gasteiger partial charge >= 0.3 is 0 Å². The average Bonchev–Trinajstić information content (AvgIpc) is 3.33. The minimum absolute atomic E-state index is 0.437. The Morgan fingerprint density at radius 2 is 1.10 bits per heavy atom. The average molecular weight is 525 g/mol. The van der Waals surface area contributed by atoms with E-state index in [0.29, 0.717) is 17.8 Å². The van der Waals surface area contributed by atoms with Gasteiger partial charge < -0.3 is 16.0 Å². The van der Waals surface area contributed by atoms with Gasteiger partial charge in [0.1, 0.15) is 0 Å². The molecule has 188 valence electrons. The van der Waals surface area contributed by atoms with Crippen molar-refractivity contribution in [2.75, 3.05) is 16.0 Å². The predicted octanol–water partition coefficient (Wildman–Crippen LogP) is 8.24. The zero-order chi connectivity index (χ0) is 26.2. The molecule has 0 unspecified atom stereocenters. The Labute approximate surface area is 231 Å². The van der Waals surface area contributed by atoms with E-state index in [9.17, 15) is 0 Å². The molecule has 7 rings (SSSR count). The highest BCUT2D eigenvalue weighted by molar-refractivity contribution is 7.84. The number of nitrogens with one attached hydrogen (secondary N) is 3. The first kappa shape index (κ1) is 23.3. The maximum absolute atomic E-state index is 4.74. The van der Waals surface area contributed by atoms with Gasteiger partial charge in [-0.25, -0.2) is 0 Å². The topological polar surface area (TPSA) is 74.8 Å². The molecule has 1 aromatic heterocycles. The molecule has 0 atom stereocenters. The number of rotatable bonds is 6. The van der Waals surface area contributed by atoms with Crippen molar-refractivity contribution >= 4 is 75.2 Å². The van der Waals surface area contributed by atoms with Crippen LogP contribution < -0.4 is 16.0 Å². The van der Waals surface area contributed by atoms with E-state index in [2.05, 4.69) is 83.2 Å². The number of fused-ring (bicyclic) bond motifs is 3. The molecule has 1 aliphatic rings. The van der Waals surface area contributed by atoms with E-state index in [4.69, 9.17) is 15.0 Å². The lowest BCUT2D eigenvalue weighted by atomic mass is 10.1. The quantitative estimate of drug-likeness (QED) is 0.164. The third-order valence-corrected chi connectivity index (χ3v) is 7.09. The van der Waals surface area contributed by atoms with Crippen LogP contribution >= 0.6 is 12.6 Å². The van der Waals surface area contributed by atoms with Crippen LogP contribution in [0.15, 0.2) is 108 Å². The highest BCUT2D eigenvalue weighted by Gasteiger charge is 2.14. The monoisotopic (exact) mass is 524 g/mol. The predicted molar refractivity (Wildman–Crippen MR) is 165 cm³/mol. The second kappa shape index (κ2) is 9.78. The summed E-state index contributed by atoms with van der Waals surface area (Å²) >= 11 is 4.53. The Hall–Kier alpha value is -4.88. The van der Waals surface area contributed by atoms with Crippen molar-refractivity contribution in [2.24, 2.45) is 0 Å². The number of hydrogen-bond acceptors (Lipinski definition) is 7. The highest BCUT2D eigenvalue weighted by Crippen LogP contribution is 2.31. The van der Waals surface area contributed by atoms with Crippen LogP contribution in [0, 0.1) is 0 Å². The number of nitrogens with zero attached hydrogens (tertiary/aromatic N) is 3. The molecular formula is C32H24N6S. The molecule has 7 heteroatoms.